The third-order valence-electron chi connectivity index (χ3n) is 4.46. The zero-order valence-electron chi connectivity index (χ0n) is 16.8. The number of amides is 1. The first-order valence-electron chi connectivity index (χ1n) is 9.18. The van der Waals surface area contributed by atoms with Gasteiger partial charge in [0.25, 0.3) is 17.3 Å². The second-order valence-corrected chi connectivity index (χ2v) is 8.36. The number of halogens is 1. The summed E-state index contributed by atoms with van der Waals surface area (Å²) in [5.74, 6) is 0.177. The Morgan fingerprint density at radius 2 is 2.12 bits per heavy atom. The summed E-state index contributed by atoms with van der Waals surface area (Å²) in [4.78, 5) is 37.5. The van der Waals surface area contributed by atoms with Crippen molar-refractivity contribution in [2.45, 2.75) is 6.54 Å². The molecular weight excluding hydrogens is 474 g/mol. The summed E-state index contributed by atoms with van der Waals surface area (Å²) in [6, 6.07) is 8.78. The van der Waals surface area contributed by atoms with Crippen LogP contribution in [0.15, 0.2) is 41.3 Å². The van der Waals surface area contributed by atoms with Gasteiger partial charge < -0.3 is 19.8 Å². The number of fused-ring (bicyclic) bond motifs is 1. The molecule has 2 N–H and O–H groups in total. The number of ether oxygens (including phenoxy) is 2. The fraction of sp³-hybridized carbons (Fsp3) is 0.150. The molecule has 164 valence electrons. The molecule has 3 aromatic heterocycles. The molecule has 0 unspecified atom stereocenters. The molecule has 0 saturated heterocycles. The number of nitrogens with one attached hydrogen (secondary N) is 2. The van der Waals surface area contributed by atoms with Gasteiger partial charge in [0, 0.05) is 11.6 Å². The number of carbonyl (C=O) groups is 1. The second-order valence-electron chi connectivity index (χ2n) is 6.48. The van der Waals surface area contributed by atoms with Crippen LogP contribution in [0, 0.1) is 4.77 Å². The number of nitrogens with zero attached hydrogens (tertiary/aromatic N) is 3. The van der Waals surface area contributed by atoms with E-state index in [0.717, 1.165) is 21.5 Å². The van der Waals surface area contributed by atoms with Crippen molar-refractivity contribution in [1.82, 2.24) is 24.8 Å². The van der Waals surface area contributed by atoms with E-state index in [1.807, 2.05) is 12.1 Å². The van der Waals surface area contributed by atoms with Crippen LogP contribution in [0.2, 0.25) is 5.02 Å². The molecule has 0 aliphatic carbocycles. The molecule has 0 atom stereocenters. The van der Waals surface area contributed by atoms with E-state index in [4.69, 9.17) is 33.3 Å². The number of H-pyrrole nitrogens is 1. The van der Waals surface area contributed by atoms with Crippen LogP contribution in [-0.2, 0) is 6.54 Å². The van der Waals surface area contributed by atoms with Gasteiger partial charge in [-0.05, 0) is 36.0 Å². The van der Waals surface area contributed by atoms with Gasteiger partial charge in [0.15, 0.2) is 10.5 Å². The smallest absolute Gasteiger partial charge is 0.279 e. The average molecular weight is 490 g/mol. The highest BCUT2D eigenvalue weighted by Crippen LogP contribution is 2.25. The SMILES string of the molecule is COc1cnc(-n2c(=S)[nH]c3cc(C(=O)NCc4cccc(Cl)c4)sc3c2=O)nc1OC. The predicted octanol–water partition coefficient (Wildman–Crippen LogP) is 3.50. The van der Waals surface area contributed by atoms with E-state index in [2.05, 4.69) is 20.3 Å². The van der Waals surface area contributed by atoms with Gasteiger partial charge in [-0.15, -0.1) is 11.3 Å². The number of carbonyl (C=O) groups excluding carboxylic acids is 1. The van der Waals surface area contributed by atoms with Gasteiger partial charge in [0.05, 0.1) is 30.8 Å². The molecule has 32 heavy (non-hydrogen) atoms. The van der Waals surface area contributed by atoms with Crippen LogP contribution >= 0.6 is 35.2 Å². The Morgan fingerprint density at radius 1 is 1.31 bits per heavy atom. The number of thiophene rings is 1. The lowest BCUT2D eigenvalue weighted by Crippen LogP contribution is -2.22. The maximum absolute atomic E-state index is 13.1. The van der Waals surface area contributed by atoms with Crippen molar-refractivity contribution in [3.8, 4) is 17.6 Å². The summed E-state index contributed by atoms with van der Waals surface area (Å²) in [6.07, 6.45) is 1.38. The van der Waals surface area contributed by atoms with Crippen molar-refractivity contribution < 1.29 is 14.3 Å². The van der Waals surface area contributed by atoms with Crippen LogP contribution in [0.25, 0.3) is 16.2 Å². The molecule has 12 heteroatoms. The Bertz CT molecular complexity index is 1450. The van der Waals surface area contributed by atoms with Gasteiger partial charge in [-0.3, -0.25) is 9.59 Å². The topological polar surface area (TPSA) is 111 Å². The summed E-state index contributed by atoms with van der Waals surface area (Å²) in [7, 11) is 2.88. The Hall–Kier alpha value is -3.28. The highest BCUT2D eigenvalue weighted by Gasteiger charge is 2.18. The summed E-state index contributed by atoms with van der Waals surface area (Å²) in [5, 5.41) is 3.41. The molecule has 0 radical (unpaired) electrons. The van der Waals surface area contributed by atoms with E-state index >= 15 is 0 Å². The van der Waals surface area contributed by atoms with Crippen molar-refractivity contribution in [2.24, 2.45) is 0 Å². The lowest BCUT2D eigenvalue weighted by molar-refractivity contribution is 0.0955. The van der Waals surface area contributed by atoms with Gasteiger partial charge >= 0.3 is 0 Å². The number of hydrogen-bond donors (Lipinski definition) is 2. The minimum absolute atomic E-state index is 0.0242. The van der Waals surface area contributed by atoms with Crippen LogP contribution < -0.4 is 20.3 Å². The molecule has 0 fully saturated rings. The Labute approximate surface area is 195 Å². The molecule has 0 bridgehead atoms. The Morgan fingerprint density at radius 3 is 2.84 bits per heavy atom. The maximum atomic E-state index is 13.1. The number of hydrogen-bond acceptors (Lipinski definition) is 8. The zero-order valence-corrected chi connectivity index (χ0v) is 19.2. The quantitative estimate of drug-likeness (QED) is 0.399. The molecule has 9 nitrogen and oxygen atoms in total. The van der Waals surface area contributed by atoms with E-state index in [0.29, 0.717) is 32.4 Å². The minimum Gasteiger partial charge on any atom is -0.490 e. The van der Waals surface area contributed by atoms with Gasteiger partial charge in [-0.25, -0.2) is 9.55 Å². The van der Waals surface area contributed by atoms with E-state index in [1.54, 1.807) is 18.2 Å². The van der Waals surface area contributed by atoms with E-state index in [-0.39, 0.29) is 22.5 Å². The molecule has 4 rings (SSSR count). The Kier molecular flexibility index (Phi) is 6.21. The third-order valence-corrected chi connectivity index (χ3v) is 6.10. The first kappa shape index (κ1) is 21.9. The normalized spacial score (nSPS) is 10.8. The van der Waals surface area contributed by atoms with Gasteiger partial charge in [-0.1, -0.05) is 23.7 Å². The van der Waals surface area contributed by atoms with E-state index < -0.39 is 5.56 Å². The third kappa shape index (κ3) is 4.22. The monoisotopic (exact) mass is 489 g/mol. The highest BCUT2D eigenvalue weighted by molar-refractivity contribution is 7.71. The van der Waals surface area contributed by atoms with Crippen molar-refractivity contribution in [2.75, 3.05) is 14.2 Å². The number of rotatable bonds is 6. The second kappa shape index (κ2) is 9.07. The summed E-state index contributed by atoms with van der Waals surface area (Å²) < 4.78 is 11.8. The average Bonchev–Trinajstić information content (AvgIpc) is 3.21. The predicted molar refractivity (Wildman–Crippen MR) is 124 cm³/mol. The fourth-order valence-electron chi connectivity index (χ4n) is 2.96. The van der Waals surface area contributed by atoms with Gasteiger partial charge in [-0.2, -0.15) is 4.98 Å². The number of methoxy groups -OCH3 is 2. The largest absolute Gasteiger partial charge is 0.490 e. The minimum atomic E-state index is -0.449. The van der Waals surface area contributed by atoms with Crippen LogP contribution in [0.1, 0.15) is 15.2 Å². The number of aromatic nitrogens is 4. The molecule has 0 saturated carbocycles. The summed E-state index contributed by atoms with van der Waals surface area (Å²) in [5.41, 5.74) is 0.865. The summed E-state index contributed by atoms with van der Waals surface area (Å²) in [6.45, 7) is 0.299. The lowest BCUT2D eigenvalue weighted by Gasteiger charge is -2.09. The fourth-order valence-corrected chi connectivity index (χ4v) is 4.41. The number of aromatic amines is 1. The van der Waals surface area contributed by atoms with E-state index in [1.165, 1.54) is 20.4 Å². The van der Waals surface area contributed by atoms with Crippen LogP contribution in [0.4, 0.5) is 0 Å². The highest BCUT2D eigenvalue weighted by atomic mass is 35.5. The first-order chi connectivity index (χ1) is 15.4. The number of benzene rings is 1. The lowest BCUT2D eigenvalue weighted by atomic mass is 10.2. The summed E-state index contributed by atoms with van der Waals surface area (Å²) >= 11 is 12.4. The maximum Gasteiger partial charge on any atom is 0.279 e. The molecule has 3 heterocycles. The van der Waals surface area contributed by atoms with Crippen molar-refractivity contribution in [3.63, 3.8) is 0 Å². The zero-order chi connectivity index (χ0) is 22.8. The van der Waals surface area contributed by atoms with Crippen molar-refractivity contribution in [3.05, 3.63) is 67.1 Å². The molecule has 4 aromatic rings. The molecule has 1 aromatic carbocycles. The Balaban J connectivity index is 1.68. The molecule has 0 aliphatic rings. The molecule has 0 spiro atoms. The standard InChI is InChI=1S/C20H16ClN5O4S2/c1-29-13-9-23-19(25-17(13)30-2)26-18(28)15-12(24-20(26)31)7-14(32-15)16(27)22-8-10-4-3-5-11(21)6-10/h3-7,9H,8H2,1-2H3,(H,22,27)(H,24,31). The van der Waals surface area contributed by atoms with Gasteiger partial charge in [0.1, 0.15) is 4.70 Å². The van der Waals surface area contributed by atoms with Crippen LogP contribution in [0.5, 0.6) is 11.6 Å². The first-order valence-corrected chi connectivity index (χ1v) is 10.8. The van der Waals surface area contributed by atoms with Crippen molar-refractivity contribution in [1.29, 1.82) is 0 Å². The van der Waals surface area contributed by atoms with E-state index in [9.17, 15) is 9.59 Å². The molecular formula is C20H16ClN5O4S2. The van der Waals surface area contributed by atoms with Crippen LogP contribution in [-0.4, -0.2) is 39.6 Å². The van der Waals surface area contributed by atoms with Crippen molar-refractivity contribution >= 4 is 51.3 Å². The van der Waals surface area contributed by atoms with Gasteiger partial charge in [0.2, 0.25) is 5.95 Å². The molecule has 0 aliphatic heterocycles. The molecule has 1 amide bonds. The van der Waals surface area contributed by atoms with Crippen LogP contribution in [0.3, 0.4) is 0 Å².